The van der Waals surface area contributed by atoms with Gasteiger partial charge in [0.05, 0.1) is 12.0 Å². The van der Waals surface area contributed by atoms with Crippen molar-refractivity contribution < 1.29 is 34.0 Å². The molecule has 2 bridgehead atoms. The van der Waals surface area contributed by atoms with E-state index in [2.05, 4.69) is 6.58 Å². The normalized spacial score (nSPS) is 45.3. The molecule has 0 spiro atoms. The molecule has 3 aliphatic heterocycles. The highest BCUT2D eigenvalue weighted by molar-refractivity contribution is 5.91. The second-order valence-corrected chi connectivity index (χ2v) is 8.66. The Morgan fingerprint density at radius 3 is 2.70 bits per heavy atom. The molecule has 3 aliphatic rings. The summed E-state index contributed by atoms with van der Waals surface area (Å²) in [5, 5.41) is 22.2. The minimum absolute atomic E-state index is 0.105. The molecule has 2 N–H and O–H groups in total. The number of ether oxygens (including phenoxy) is 3. The SMILES string of the molecule is C=C1C(=O)O[C@@H]2[C@@H](OC(=O)[C@@H](C)CC)[C@@](C)(O)C[C@H]3C[C@@H](C)[C@@](O)(C[C@@H]12)O3. The molecule has 152 valence electrons. The third-order valence-corrected chi connectivity index (χ3v) is 6.43. The van der Waals surface area contributed by atoms with Crippen LogP contribution in [0.4, 0.5) is 0 Å². The van der Waals surface area contributed by atoms with Crippen LogP contribution in [0, 0.1) is 17.8 Å². The van der Waals surface area contributed by atoms with Gasteiger partial charge in [0, 0.05) is 30.3 Å². The Morgan fingerprint density at radius 1 is 1.41 bits per heavy atom. The van der Waals surface area contributed by atoms with Gasteiger partial charge in [-0.3, -0.25) is 4.79 Å². The first-order valence-electron chi connectivity index (χ1n) is 9.71. The second-order valence-electron chi connectivity index (χ2n) is 8.66. The number of hydrogen-bond donors (Lipinski definition) is 2. The van der Waals surface area contributed by atoms with E-state index in [1.54, 1.807) is 13.8 Å². The molecule has 3 fully saturated rings. The molecule has 3 heterocycles. The molecule has 0 aromatic carbocycles. The number of aliphatic hydroxyl groups is 2. The Hall–Kier alpha value is -1.44. The van der Waals surface area contributed by atoms with Crippen LogP contribution in [0.1, 0.15) is 53.4 Å². The van der Waals surface area contributed by atoms with E-state index in [0.29, 0.717) is 12.8 Å². The third kappa shape index (κ3) is 3.52. The summed E-state index contributed by atoms with van der Waals surface area (Å²) in [6, 6.07) is 0. The van der Waals surface area contributed by atoms with Gasteiger partial charge in [-0.1, -0.05) is 27.4 Å². The third-order valence-electron chi connectivity index (χ3n) is 6.43. The summed E-state index contributed by atoms with van der Waals surface area (Å²) in [7, 11) is 0. The van der Waals surface area contributed by atoms with Crippen molar-refractivity contribution in [2.45, 2.75) is 83.1 Å². The Morgan fingerprint density at radius 2 is 2.07 bits per heavy atom. The molecule has 0 aliphatic carbocycles. The average molecular weight is 382 g/mol. The molecular formula is C20H30O7. The van der Waals surface area contributed by atoms with Crippen molar-refractivity contribution in [2.75, 3.05) is 0 Å². The molecule has 0 aromatic heterocycles. The average Bonchev–Trinajstić information content (AvgIpc) is 3.01. The Bertz CT molecular complexity index is 642. The fraction of sp³-hybridized carbons (Fsp3) is 0.800. The zero-order valence-corrected chi connectivity index (χ0v) is 16.4. The van der Waals surface area contributed by atoms with Gasteiger partial charge >= 0.3 is 11.9 Å². The van der Waals surface area contributed by atoms with Crippen LogP contribution in [-0.2, 0) is 23.8 Å². The standard InChI is InChI=1S/C20H30O7/c1-6-10(2)17(21)26-16-15-14(12(4)18(22)25-15)9-20(24)11(3)7-13(27-20)8-19(16,5)23/h10-11,13-16,23-24H,4,6-9H2,1-3,5H3/t10-,11+,13+,14-,15-,16+,19-,20+/m0/s1. The molecule has 27 heavy (non-hydrogen) atoms. The fourth-order valence-corrected chi connectivity index (χ4v) is 4.40. The summed E-state index contributed by atoms with van der Waals surface area (Å²) in [6.07, 6.45) is -0.929. The topological polar surface area (TPSA) is 102 Å². The van der Waals surface area contributed by atoms with E-state index in [-0.39, 0.29) is 36.4 Å². The van der Waals surface area contributed by atoms with Crippen molar-refractivity contribution in [3.63, 3.8) is 0 Å². The van der Waals surface area contributed by atoms with Gasteiger partial charge < -0.3 is 24.4 Å². The van der Waals surface area contributed by atoms with Crippen LogP contribution in [0.15, 0.2) is 12.2 Å². The van der Waals surface area contributed by atoms with E-state index in [4.69, 9.17) is 14.2 Å². The van der Waals surface area contributed by atoms with Gasteiger partial charge in [0.25, 0.3) is 0 Å². The molecule has 0 amide bonds. The Labute approximate surface area is 159 Å². The van der Waals surface area contributed by atoms with Crippen LogP contribution in [0.25, 0.3) is 0 Å². The van der Waals surface area contributed by atoms with Gasteiger partial charge in [0.15, 0.2) is 11.9 Å². The lowest BCUT2D eigenvalue weighted by Crippen LogP contribution is -2.53. The first-order valence-corrected chi connectivity index (χ1v) is 9.71. The van der Waals surface area contributed by atoms with Crippen LogP contribution < -0.4 is 0 Å². The van der Waals surface area contributed by atoms with Crippen molar-refractivity contribution >= 4 is 11.9 Å². The first-order chi connectivity index (χ1) is 12.5. The molecular weight excluding hydrogens is 352 g/mol. The lowest BCUT2D eigenvalue weighted by molar-refractivity contribution is -0.221. The minimum atomic E-state index is -1.49. The van der Waals surface area contributed by atoms with E-state index in [9.17, 15) is 19.8 Å². The lowest BCUT2D eigenvalue weighted by atomic mass is 9.77. The molecule has 0 saturated carbocycles. The maximum Gasteiger partial charge on any atom is 0.334 e. The maximum absolute atomic E-state index is 12.5. The molecule has 3 rings (SSSR count). The summed E-state index contributed by atoms with van der Waals surface area (Å²) in [6.45, 7) is 10.9. The fourth-order valence-electron chi connectivity index (χ4n) is 4.40. The second kappa shape index (κ2) is 6.87. The summed E-state index contributed by atoms with van der Waals surface area (Å²) in [5.74, 6) is -3.60. The van der Waals surface area contributed by atoms with Gasteiger partial charge in [-0.15, -0.1) is 0 Å². The van der Waals surface area contributed by atoms with Crippen LogP contribution in [-0.4, -0.2) is 51.9 Å². The van der Waals surface area contributed by atoms with Crippen LogP contribution in [0.5, 0.6) is 0 Å². The zero-order valence-electron chi connectivity index (χ0n) is 16.4. The number of rotatable bonds is 3. The van der Waals surface area contributed by atoms with Crippen LogP contribution >= 0.6 is 0 Å². The van der Waals surface area contributed by atoms with E-state index in [1.165, 1.54) is 0 Å². The van der Waals surface area contributed by atoms with Crippen LogP contribution in [0.3, 0.4) is 0 Å². The van der Waals surface area contributed by atoms with Gasteiger partial charge in [-0.05, 0) is 19.8 Å². The van der Waals surface area contributed by atoms with Gasteiger partial charge in [-0.2, -0.15) is 0 Å². The van der Waals surface area contributed by atoms with E-state index in [1.807, 2.05) is 13.8 Å². The van der Waals surface area contributed by atoms with Gasteiger partial charge in [-0.25, -0.2) is 4.79 Å². The largest absolute Gasteiger partial charge is 0.455 e. The molecule has 0 unspecified atom stereocenters. The van der Waals surface area contributed by atoms with E-state index < -0.39 is 41.5 Å². The summed E-state index contributed by atoms with van der Waals surface area (Å²) >= 11 is 0. The molecule has 3 saturated heterocycles. The quantitative estimate of drug-likeness (QED) is 0.566. The summed E-state index contributed by atoms with van der Waals surface area (Å²) in [5.41, 5.74) is -1.29. The number of carbonyl (C=O) groups excluding carboxylic acids is 2. The number of esters is 2. The minimum Gasteiger partial charge on any atom is -0.455 e. The smallest absolute Gasteiger partial charge is 0.334 e. The van der Waals surface area contributed by atoms with Crippen molar-refractivity contribution in [3.05, 3.63) is 12.2 Å². The van der Waals surface area contributed by atoms with Crippen molar-refractivity contribution in [2.24, 2.45) is 17.8 Å². The van der Waals surface area contributed by atoms with Crippen molar-refractivity contribution in [1.82, 2.24) is 0 Å². The summed E-state index contributed by atoms with van der Waals surface area (Å²) in [4.78, 5) is 24.7. The number of carbonyl (C=O) groups is 2. The molecule has 0 aromatic rings. The van der Waals surface area contributed by atoms with Crippen molar-refractivity contribution in [3.8, 4) is 0 Å². The highest BCUT2D eigenvalue weighted by Gasteiger charge is 2.59. The lowest BCUT2D eigenvalue weighted by Gasteiger charge is -2.38. The molecule has 8 atom stereocenters. The van der Waals surface area contributed by atoms with E-state index in [0.717, 1.165) is 0 Å². The van der Waals surface area contributed by atoms with Crippen molar-refractivity contribution in [1.29, 1.82) is 0 Å². The first kappa shape index (κ1) is 20.3. The molecule has 7 nitrogen and oxygen atoms in total. The highest BCUT2D eigenvalue weighted by atomic mass is 16.6. The molecule has 0 radical (unpaired) electrons. The molecule has 7 heteroatoms. The predicted molar refractivity (Wildman–Crippen MR) is 95.3 cm³/mol. The Kier molecular flexibility index (Phi) is 5.16. The van der Waals surface area contributed by atoms with E-state index >= 15 is 0 Å². The van der Waals surface area contributed by atoms with Crippen LogP contribution in [0.2, 0.25) is 0 Å². The highest BCUT2D eigenvalue weighted by Crippen LogP contribution is 2.48. The van der Waals surface area contributed by atoms with Gasteiger partial charge in [0.2, 0.25) is 0 Å². The van der Waals surface area contributed by atoms with Gasteiger partial charge in [0.1, 0.15) is 11.7 Å². The maximum atomic E-state index is 12.5. The summed E-state index contributed by atoms with van der Waals surface area (Å²) < 4.78 is 17.0. The zero-order chi connectivity index (χ0) is 20.1. The predicted octanol–water partition coefficient (Wildman–Crippen LogP) is 1.70. The number of fused-ring (bicyclic) bond motifs is 3. The number of hydrogen-bond acceptors (Lipinski definition) is 7. The Balaban J connectivity index is 2.00. The monoisotopic (exact) mass is 382 g/mol.